The average Bonchev–Trinajstić information content (AvgIpc) is 2.32. The van der Waals surface area contributed by atoms with E-state index in [0.717, 1.165) is 16.7 Å². The lowest BCUT2D eigenvalue weighted by Gasteiger charge is -2.28. The summed E-state index contributed by atoms with van der Waals surface area (Å²) in [5, 5.41) is 0.120. The van der Waals surface area contributed by atoms with Gasteiger partial charge < -0.3 is 10.5 Å². The number of likely N-dealkylation sites (N-methyl/N-ethyl adjacent to an activating group) is 1. The van der Waals surface area contributed by atoms with Gasteiger partial charge in [0.15, 0.2) is 5.17 Å². The quantitative estimate of drug-likeness (QED) is 0.484. The maximum absolute atomic E-state index is 12.0. The fourth-order valence-electron chi connectivity index (χ4n) is 1.19. The van der Waals surface area contributed by atoms with E-state index in [4.69, 9.17) is 16.9 Å². The van der Waals surface area contributed by atoms with Gasteiger partial charge in [0.1, 0.15) is 11.6 Å². The predicted molar refractivity (Wildman–Crippen MR) is 81.4 cm³/mol. The first kappa shape index (κ1) is 18.3. The molecular weight excluding hydrogens is 278 g/mol. The summed E-state index contributed by atoms with van der Waals surface area (Å²) in [5.74, 6) is 1.78. The van der Waals surface area contributed by atoms with Crippen molar-refractivity contribution in [3.05, 3.63) is 0 Å². The zero-order chi connectivity index (χ0) is 15.9. The highest BCUT2D eigenvalue weighted by atomic mass is 32.2. The van der Waals surface area contributed by atoms with E-state index in [1.165, 1.54) is 7.05 Å². The molecule has 0 aromatic rings. The Morgan fingerprint density at radius 3 is 2.45 bits per heavy atom. The molecule has 0 aromatic heterocycles. The molecule has 0 aliphatic carbocycles. The monoisotopic (exact) mass is 299 g/mol. The van der Waals surface area contributed by atoms with Gasteiger partial charge in [-0.25, -0.2) is 4.79 Å². The third kappa shape index (κ3) is 6.48. The second-order valence-corrected chi connectivity index (χ2v) is 5.83. The van der Waals surface area contributed by atoms with Crippen LogP contribution in [-0.2, 0) is 9.53 Å². The van der Waals surface area contributed by atoms with Gasteiger partial charge >= 0.3 is 6.09 Å². The summed E-state index contributed by atoms with van der Waals surface area (Å²) in [6.45, 7) is 5.21. The Kier molecular flexibility index (Phi) is 7.14. The minimum Gasteiger partial charge on any atom is -0.444 e. The molecular formula is C13H21N3O3S. The van der Waals surface area contributed by atoms with E-state index in [-0.39, 0.29) is 11.6 Å². The molecule has 0 saturated carbocycles. The number of hydrogen-bond acceptors (Lipinski definition) is 4. The number of hydrogen-bond donors (Lipinski definition) is 1. The number of nitrogens with two attached hydrogens (primary N) is 1. The Morgan fingerprint density at radius 1 is 1.50 bits per heavy atom. The van der Waals surface area contributed by atoms with Crippen molar-refractivity contribution in [3.8, 4) is 12.3 Å². The number of thioether (sulfide) groups is 1. The largest absolute Gasteiger partial charge is 0.444 e. The van der Waals surface area contributed by atoms with Gasteiger partial charge in [-0.3, -0.25) is 9.69 Å². The van der Waals surface area contributed by atoms with E-state index in [9.17, 15) is 9.59 Å². The van der Waals surface area contributed by atoms with Crippen LogP contribution in [0.4, 0.5) is 4.79 Å². The van der Waals surface area contributed by atoms with Crippen molar-refractivity contribution in [1.82, 2.24) is 4.90 Å². The SMILES string of the molecule is C#CCC(C(=O)N=C(N)SC)N(C)C(=O)OC(C)(C)C. The van der Waals surface area contributed by atoms with Gasteiger partial charge in [0, 0.05) is 13.5 Å². The number of amides is 2. The Bertz CT molecular complexity index is 435. The van der Waals surface area contributed by atoms with Crippen LogP contribution in [0.1, 0.15) is 27.2 Å². The molecule has 1 atom stereocenters. The lowest BCUT2D eigenvalue weighted by atomic mass is 10.2. The summed E-state index contributed by atoms with van der Waals surface area (Å²) in [5.41, 5.74) is 4.84. The first-order valence-corrected chi connectivity index (χ1v) is 7.16. The summed E-state index contributed by atoms with van der Waals surface area (Å²) >= 11 is 1.14. The molecule has 0 saturated heterocycles. The first-order valence-electron chi connectivity index (χ1n) is 5.93. The van der Waals surface area contributed by atoms with Crippen LogP contribution >= 0.6 is 11.8 Å². The summed E-state index contributed by atoms with van der Waals surface area (Å²) in [6.07, 6.45) is 6.33. The molecule has 2 amide bonds. The molecule has 1 unspecified atom stereocenters. The highest BCUT2D eigenvalue weighted by molar-refractivity contribution is 8.13. The normalized spacial score (nSPS) is 13.3. The van der Waals surface area contributed by atoms with Crippen LogP contribution in [0.25, 0.3) is 0 Å². The van der Waals surface area contributed by atoms with Gasteiger partial charge in [-0.2, -0.15) is 4.99 Å². The predicted octanol–water partition coefficient (Wildman–Crippen LogP) is 1.45. The molecule has 0 radical (unpaired) electrons. The van der Waals surface area contributed by atoms with Crippen molar-refractivity contribution in [1.29, 1.82) is 0 Å². The molecule has 0 aliphatic rings. The molecule has 0 bridgehead atoms. The van der Waals surface area contributed by atoms with Crippen molar-refractivity contribution in [2.45, 2.75) is 38.8 Å². The zero-order valence-corrected chi connectivity index (χ0v) is 13.3. The van der Waals surface area contributed by atoms with Gasteiger partial charge in [0.25, 0.3) is 5.91 Å². The van der Waals surface area contributed by atoms with Crippen LogP contribution in [0.5, 0.6) is 0 Å². The number of carbonyl (C=O) groups is 2. The van der Waals surface area contributed by atoms with E-state index in [0.29, 0.717) is 0 Å². The lowest BCUT2D eigenvalue weighted by Crippen LogP contribution is -2.44. The van der Waals surface area contributed by atoms with Crippen LogP contribution in [0.2, 0.25) is 0 Å². The zero-order valence-electron chi connectivity index (χ0n) is 12.5. The van der Waals surface area contributed by atoms with Gasteiger partial charge in [-0.05, 0) is 27.0 Å². The minimum absolute atomic E-state index is 0.0414. The first-order chi connectivity index (χ1) is 9.12. The molecule has 0 aromatic carbocycles. The fraction of sp³-hybridized carbons (Fsp3) is 0.615. The third-order valence-corrected chi connectivity index (χ3v) is 2.68. The van der Waals surface area contributed by atoms with Gasteiger partial charge in [0.05, 0.1) is 0 Å². The molecule has 6 nitrogen and oxygen atoms in total. The van der Waals surface area contributed by atoms with Crippen LogP contribution in [0, 0.1) is 12.3 Å². The fourth-order valence-corrected chi connectivity index (χ4v) is 1.37. The van der Waals surface area contributed by atoms with Gasteiger partial charge in [-0.1, -0.05) is 11.8 Å². The van der Waals surface area contributed by atoms with E-state index >= 15 is 0 Å². The van der Waals surface area contributed by atoms with Crippen molar-refractivity contribution < 1.29 is 14.3 Å². The number of rotatable bonds is 3. The van der Waals surface area contributed by atoms with Crippen LogP contribution in [-0.4, -0.2) is 47.0 Å². The molecule has 7 heteroatoms. The van der Waals surface area contributed by atoms with Gasteiger partial charge in [0.2, 0.25) is 0 Å². The van der Waals surface area contributed by atoms with E-state index < -0.39 is 23.6 Å². The topological polar surface area (TPSA) is 85.0 Å². The molecule has 0 spiro atoms. The van der Waals surface area contributed by atoms with Gasteiger partial charge in [-0.15, -0.1) is 12.3 Å². The van der Waals surface area contributed by atoms with Crippen molar-refractivity contribution >= 4 is 28.9 Å². The van der Waals surface area contributed by atoms with Crippen molar-refractivity contribution in [2.24, 2.45) is 10.7 Å². The Labute approximate surface area is 124 Å². The number of carbonyl (C=O) groups excluding carboxylic acids is 2. The maximum atomic E-state index is 12.0. The smallest absolute Gasteiger partial charge is 0.410 e. The van der Waals surface area contributed by atoms with E-state index in [1.54, 1.807) is 27.0 Å². The number of aliphatic imine (C=N–C) groups is 1. The second-order valence-electron chi connectivity index (χ2n) is 5.01. The van der Waals surface area contributed by atoms with E-state index in [1.807, 2.05) is 0 Å². The Morgan fingerprint density at radius 2 is 2.05 bits per heavy atom. The average molecular weight is 299 g/mol. The molecule has 0 fully saturated rings. The third-order valence-electron chi connectivity index (χ3n) is 2.17. The maximum Gasteiger partial charge on any atom is 0.410 e. The van der Waals surface area contributed by atoms with Crippen LogP contribution in [0.15, 0.2) is 4.99 Å². The second kappa shape index (κ2) is 7.80. The minimum atomic E-state index is -0.888. The highest BCUT2D eigenvalue weighted by Crippen LogP contribution is 2.13. The Balaban J connectivity index is 5.05. The van der Waals surface area contributed by atoms with E-state index in [2.05, 4.69) is 10.9 Å². The summed E-state index contributed by atoms with van der Waals surface area (Å²) in [6, 6.07) is -0.888. The molecule has 112 valence electrons. The summed E-state index contributed by atoms with van der Waals surface area (Å²) < 4.78 is 5.19. The van der Waals surface area contributed by atoms with Crippen molar-refractivity contribution in [2.75, 3.05) is 13.3 Å². The number of terminal acetylenes is 1. The van der Waals surface area contributed by atoms with Crippen LogP contribution in [0.3, 0.4) is 0 Å². The highest BCUT2D eigenvalue weighted by Gasteiger charge is 2.29. The summed E-state index contributed by atoms with van der Waals surface area (Å²) in [7, 11) is 1.44. The number of nitrogens with zero attached hydrogens (tertiary/aromatic N) is 2. The molecule has 2 N–H and O–H groups in total. The Hall–Kier alpha value is -1.68. The summed E-state index contributed by atoms with van der Waals surface area (Å²) in [4.78, 5) is 28.8. The standard InChI is InChI=1S/C13H21N3O3S/c1-7-8-9(10(17)15-11(14)20-6)16(5)12(18)19-13(2,3)4/h1,9H,8H2,2-6H3,(H2,14,15,17). The molecule has 0 aliphatic heterocycles. The lowest BCUT2D eigenvalue weighted by molar-refractivity contribution is -0.122. The number of amidine groups is 1. The molecule has 0 rings (SSSR count). The molecule has 0 heterocycles. The number of ether oxygens (including phenoxy) is 1. The molecule has 20 heavy (non-hydrogen) atoms. The van der Waals surface area contributed by atoms with Crippen LogP contribution < -0.4 is 5.73 Å². The van der Waals surface area contributed by atoms with Crippen molar-refractivity contribution in [3.63, 3.8) is 0 Å².